The molecule has 76 valence electrons. The highest BCUT2D eigenvalue weighted by molar-refractivity contribution is 5.31. The van der Waals surface area contributed by atoms with E-state index in [9.17, 15) is 0 Å². The van der Waals surface area contributed by atoms with Gasteiger partial charge in [-0.2, -0.15) is 0 Å². The highest BCUT2D eigenvalue weighted by Crippen LogP contribution is 2.05. The van der Waals surface area contributed by atoms with Crippen LogP contribution in [0.3, 0.4) is 0 Å². The van der Waals surface area contributed by atoms with Crippen molar-refractivity contribution < 1.29 is 0 Å². The molecule has 0 aromatic carbocycles. The molecule has 0 spiro atoms. The lowest BCUT2D eigenvalue weighted by Crippen LogP contribution is -1.99. The molecule has 0 aliphatic carbocycles. The predicted octanol–water partition coefficient (Wildman–Crippen LogP) is 1.50. The monoisotopic (exact) mass is 200 g/mol. The number of anilines is 1. The maximum absolute atomic E-state index is 4.37. The molecular formula is C11H12N4. The molecule has 2 rings (SSSR count). The van der Waals surface area contributed by atoms with Crippen LogP contribution >= 0.6 is 0 Å². The average Bonchev–Trinajstić information content (AvgIpc) is 2.31. The SMILES string of the molecule is CNc1cncc(Cc2ccccn2)n1. The Morgan fingerprint density at radius 1 is 1.20 bits per heavy atom. The van der Waals surface area contributed by atoms with E-state index >= 15 is 0 Å². The van der Waals surface area contributed by atoms with Crippen LogP contribution in [0.2, 0.25) is 0 Å². The number of aromatic nitrogens is 3. The molecule has 4 heteroatoms. The molecule has 0 aliphatic heterocycles. The molecular weight excluding hydrogens is 188 g/mol. The Bertz CT molecular complexity index is 428. The smallest absolute Gasteiger partial charge is 0.144 e. The maximum Gasteiger partial charge on any atom is 0.144 e. The normalized spacial score (nSPS) is 9.93. The van der Waals surface area contributed by atoms with Crippen molar-refractivity contribution in [3.05, 3.63) is 48.2 Å². The Morgan fingerprint density at radius 2 is 2.13 bits per heavy atom. The summed E-state index contributed by atoms with van der Waals surface area (Å²) in [5.41, 5.74) is 1.92. The first-order valence-electron chi connectivity index (χ1n) is 4.77. The van der Waals surface area contributed by atoms with E-state index in [-0.39, 0.29) is 0 Å². The Morgan fingerprint density at radius 3 is 2.87 bits per heavy atom. The van der Waals surface area contributed by atoms with Crippen LogP contribution in [0.15, 0.2) is 36.8 Å². The van der Waals surface area contributed by atoms with Crippen LogP contribution in [-0.2, 0) is 6.42 Å². The van der Waals surface area contributed by atoms with Crippen molar-refractivity contribution in [2.24, 2.45) is 0 Å². The van der Waals surface area contributed by atoms with Gasteiger partial charge in [0.15, 0.2) is 0 Å². The highest BCUT2D eigenvalue weighted by atomic mass is 15.0. The Balaban J connectivity index is 2.17. The molecule has 0 atom stereocenters. The van der Waals surface area contributed by atoms with Crippen LogP contribution in [0.1, 0.15) is 11.4 Å². The van der Waals surface area contributed by atoms with Gasteiger partial charge >= 0.3 is 0 Å². The topological polar surface area (TPSA) is 50.7 Å². The fraction of sp³-hybridized carbons (Fsp3) is 0.182. The number of nitrogens with one attached hydrogen (secondary N) is 1. The summed E-state index contributed by atoms with van der Waals surface area (Å²) in [6.45, 7) is 0. The second-order valence-electron chi connectivity index (χ2n) is 3.14. The van der Waals surface area contributed by atoms with E-state index in [0.717, 1.165) is 17.2 Å². The summed E-state index contributed by atoms with van der Waals surface area (Å²) >= 11 is 0. The highest BCUT2D eigenvalue weighted by Gasteiger charge is 1.99. The summed E-state index contributed by atoms with van der Waals surface area (Å²) in [6.07, 6.45) is 5.95. The number of hydrogen-bond acceptors (Lipinski definition) is 4. The van der Waals surface area contributed by atoms with Crippen LogP contribution in [0.25, 0.3) is 0 Å². The lowest BCUT2D eigenvalue weighted by Gasteiger charge is -2.02. The molecule has 0 radical (unpaired) electrons. The second kappa shape index (κ2) is 4.50. The quantitative estimate of drug-likeness (QED) is 0.815. The minimum absolute atomic E-state index is 0.712. The number of rotatable bonds is 3. The van der Waals surface area contributed by atoms with Gasteiger partial charge in [-0.3, -0.25) is 9.97 Å². The molecule has 1 N–H and O–H groups in total. The predicted molar refractivity (Wildman–Crippen MR) is 58.6 cm³/mol. The molecule has 15 heavy (non-hydrogen) atoms. The van der Waals surface area contributed by atoms with Gasteiger partial charge in [-0.05, 0) is 12.1 Å². The van der Waals surface area contributed by atoms with Crippen LogP contribution in [-0.4, -0.2) is 22.0 Å². The van der Waals surface area contributed by atoms with Gasteiger partial charge in [-0.15, -0.1) is 0 Å². The zero-order valence-electron chi connectivity index (χ0n) is 8.51. The van der Waals surface area contributed by atoms with Gasteiger partial charge < -0.3 is 5.32 Å². The summed E-state index contributed by atoms with van der Waals surface area (Å²) in [7, 11) is 1.83. The molecule has 0 unspecified atom stereocenters. The van der Waals surface area contributed by atoms with E-state index < -0.39 is 0 Å². The van der Waals surface area contributed by atoms with Crippen molar-refractivity contribution in [1.82, 2.24) is 15.0 Å². The molecule has 0 amide bonds. The zero-order chi connectivity index (χ0) is 10.5. The first kappa shape index (κ1) is 9.58. The van der Waals surface area contributed by atoms with Crippen LogP contribution < -0.4 is 5.32 Å². The first-order valence-corrected chi connectivity index (χ1v) is 4.77. The molecule has 0 aliphatic rings. The van der Waals surface area contributed by atoms with Crippen molar-refractivity contribution >= 4 is 5.82 Å². The van der Waals surface area contributed by atoms with Crippen molar-refractivity contribution in [1.29, 1.82) is 0 Å². The molecule has 2 heterocycles. The first-order chi connectivity index (χ1) is 7.38. The Kier molecular flexibility index (Phi) is 2.88. The summed E-state index contributed by atoms with van der Waals surface area (Å²) in [5, 5.41) is 2.96. The van der Waals surface area contributed by atoms with Crippen molar-refractivity contribution in [2.45, 2.75) is 6.42 Å². The van der Waals surface area contributed by atoms with E-state index in [1.54, 1.807) is 18.6 Å². The van der Waals surface area contributed by atoms with Gasteiger partial charge in [0.25, 0.3) is 0 Å². The van der Waals surface area contributed by atoms with Crippen LogP contribution in [0, 0.1) is 0 Å². The summed E-state index contributed by atoms with van der Waals surface area (Å²) in [4.78, 5) is 12.7. The zero-order valence-corrected chi connectivity index (χ0v) is 8.51. The fourth-order valence-electron chi connectivity index (χ4n) is 1.30. The van der Waals surface area contributed by atoms with E-state index in [4.69, 9.17) is 0 Å². The average molecular weight is 200 g/mol. The Hall–Kier alpha value is -1.97. The lowest BCUT2D eigenvalue weighted by atomic mass is 10.2. The van der Waals surface area contributed by atoms with Gasteiger partial charge in [-0.25, -0.2) is 4.98 Å². The number of hydrogen-bond donors (Lipinski definition) is 1. The van der Waals surface area contributed by atoms with Gasteiger partial charge in [0.2, 0.25) is 0 Å². The van der Waals surface area contributed by atoms with Crippen LogP contribution in [0.5, 0.6) is 0 Å². The maximum atomic E-state index is 4.37. The molecule has 2 aromatic heterocycles. The number of nitrogens with zero attached hydrogens (tertiary/aromatic N) is 3. The third kappa shape index (κ3) is 2.49. The van der Waals surface area contributed by atoms with Crippen LogP contribution in [0.4, 0.5) is 5.82 Å². The molecule has 0 saturated carbocycles. The standard InChI is InChI=1S/C11H12N4/c1-12-11-8-13-7-10(15-11)6-9-4-2-3-5-14-9/h2-5,7-8H,6H2,1H3,(H,12,15). The molecule has 2 aromatic rings. The summed E-state index contributed by atoms with van der Waals surface area (Å²) in [5.74, 6) is 0.781. The van der Waals surface area contributed by atoms with Gasteiger partial charge in [-0.1, -0.05) is 6.07 Å². The van der Waals surface area contributed by atoms with Gasteiger partial charge in [0.05, 0.1) is 11.9 Å². The van der Waals surface area contributed by atoms with E-state index in [0.29, 0.717) is 6.42 Å². The molecule has 0 fully saturated rings. The molecule has 4 nitrogen and oxygen atoms in total. The van der Waals surface area contributed by atoms with E-state index in [1.807, 2.05) is 25.2 Å². The largest absolute Gasteiger partial charge is 0.372 e. The third-order valence-electron chi connectivity index (χ3n) is 2.03. The fourth-order valence-corrected chi connectivity index (χ4v) is 1.30. The summed E-state index contributed by atoms with van der Waals surface area (Å²) < 4.78 is 0. The third-order valence-corrected chi connectivity index (χ3v) is 2.03. The number of pyridine rings is 1. The minimum atomic E-state index is 0.712. The summed E-state index contributed by atoms with van der Waals surface area (Å²) in [6, 6.07) is 5.85. The minimum Gasteiger partial charge on any atom is -0.372 e. The second-order valence-corrected chi connectivity index (χ2v) is 3.14. The van der Waals surface area contributed by atoms with E-state index in [1.165, 1.54) is 0 Å². The van der Waals surface area contributed by atoms with Crippen molar-refractivity contribution in [3.8, 4) is 0 Å². The van der Waals surface area contributed by atoms with Crippen molar-refractivity contribution in [3.63, 3.8) is 0 Å². The van der Waals surface area contributed by atoms with E-state index in [2.05, 4.69) is 20.3 Å². The lowest BCUT2D eigenvalue weighted by molar-refractivity contribution is 0.987. The molecule has 0 bridgehead atoms. The Labute approximate surface area is 88.4 Å². The van der Waals surface area contributed by atoms with Gasteiger partial charge in [0.1, 0.15) is 5.82 Å². The molecule has 0 saturated heterocycles. The van der Waals surface area contributed by atoms with Crippen molar-refractivity contribution in [2.75, 3.05) is 12.4 Å². The van der Waals surface area contributed by atoms with Gasteiger partial charge in [0, 0.05) is 31.6 Å².